The van der Waals surface area contributed by atoms with Crippen molar-refractivity contribution in [2.75, 3.05) is 32.8 Å². The molecule has 8 heteroatoms. The number of nitrogens with zero attached hydrogens (tertiary/aromatic N) is 2. The summed E-state index contributed by atoms with van der Waals surface area (Å²) in [7, 11) is 0. The summed E-state index contributed by atoms with van der Waals surface area (Å²) in [6.45, 7) is 3.48. The van der Waals surface area contributed by atoms with Crippen molar-refractivity contribution in [2.45, 2.75) is 6.92 Å². The summed E-state index contributed by atoms with van der Waals surface area (Å²) in [6, 6.07) is 2.58. The van der Waals surface area contributed by atoms with Crippen LogP contribution in [0.15, 0.2) is 16.5 Å². The second-order valence-corrected chi connectivity index (χ2v) is 4.45. The van der Waals surface area contributed by atoms with E-state index in [0.29, 0.717) is 32.8 Å². The van der Waals surface area contributed by atoms with E-state index in [9.17, 15) is 14.4 Å². The Hall–Kier alpha value is -2.51. The molecule has 114 valence electrons. The molecule has 2 amide bonds. The molecule has 0 radical (unpaired) electrons. The molecule has 1 N–H and O–H groups in total. The Kier molecular flexibility index (Phi) is 4.46. The number of carboxylic acids is 1. The lowest BCUT2D eigenvalue weighted by atomic mass is 10.3. The number of aromatic carboxylic acids is 1. The van der Waals surface area contributed by atoms with Gasteiger partial charge in [-0.25, -0.2) is 9.59 Å². The normalized spacial score (nSPS) is 14.9. The van der Waals surface area contributed by atoms with E-state index in [1.165, 1.54) is 21.9 Å². The molecule has 0 aromatic carbocycles. The zero-order valence-electron chi connectivity index (χ0n) is 11.6. The van der Waals surface area contributed by atoms with Crippen molar-refractivity contribution < 1.29 is 28.6 Å². The molecule has 1 aromatic heterocycles. The zero-order valence-corrected chi connectivity index (χ0v) is 11.6. The van der Waals surface area contributed by atoms with E-state index in [4.69, 9.17) is 14.3 Å². The zero-order chi connectivity index (χ0) is 15.4. The predicted molar refractivity (Wildman–Crippen MR) is 70.2 cm³/mol. The van der Waals surface area contributed by atoms with Crippen LogP contribution in [0.25, 0.3) is 0 Å². The summed E-state index contributed by atoms with van der Waals surface area (Å²) < 4.78 is 9.87. The molecule has 0 spiro atoms. The first-order valence-electron chi connectivity index (χ1n) is 6.57. The average molecular weight is 296 g/mol. The van der Waals surface area contributed by atoms with Crippen molar-refractivity contribution in [2.24, 2.45) is 0 Å². The van der Waals surface area contributed by atoms with Crippen molar-refractivity contribution in [1.29, 1.82) is 0 Å². The van der Waals surface area contributed by atoms with Gasteiger partial charge in [0.15, 0.2) is 5.76 Å². The van der Waals surface area contributed by atoms with Crippen molar-refractivity contribution in [1.82, 2.24) is 9.80 Å². The Balaban J connectivity index is 1.93. The van der Waals surface area contributed by atoms with Gasteiger partial charge < -0.3 is 24.1 Å². The highest BCUT2D eigenvalue weighted by Crippen LogP contribution is 2.13. The van der Waals surface area contributed by atoms with Crippen LogP contribution >= 0.6 is 0 Å². The van der Waals surface area contributed by atoms with Crippen molar-refractivity contribution >= 4 is 18.0 Å². The highest BCUT2D eigenvalue weighted by molar-refractivity contribution is 5.93. The molecule has 1 fully saturated rings. The van der Waals surface area contributed by atoms with Gasteiger partial charge in [0.1, 0.15) is 0 Å². The number of ether oxygens (including phenoxy) is 1. The highest BCUT2D eigenvalue weighted by Gasteiger charge is 2.27. The fraction of sp³-hybridized carbons (Fsp3) is 0.462. The van der Waals surface area contributed by atoms with E-state index < -0.39 is 12.1 Å². The van der Waals surface area contributed by atoms with Gasteiger partial charge in [0.25, 0.3) is 5.91 Å². The quantitative estimate of drug-likeness (QED) is 0.889. The number of carbonyl (C=O) groups is 3. The minimum Gasteiger partial charge on any atom is -0.475 e. The monoisotopic (exact) mass is 296 g/mol. The first kappa shape index (κ1) is 14.9. The smallest absolute Gasteiger partial charge is 0.409 e. The minimum absolute atomic E-state index is 0.0167. The number of amides is 2. The maximum atomic E-state index is 12.1. The van der Waals surface area contributed by atoms with E-state index in [-0.39, 0.29) is 17.4 Å². The molecular weight excluding hydrogens is 280 g/mol. The highest BCUT2D eigenvalue weighted by atomic mass is 16.6. The van der Waals surface area contributed by atoms with Crippen LogP contribution in [-0.4, -0.2) is 65.7 Å². The van der Waals surface area contributed by atoms with Crippen LogP contribution in [0.3, 0.4) is 0 Å². The summed E-state index contributed by atoms with van der Waals surface area (Å²) in [5.41, 5.74) is 0. The van der Waals surface area contributed by atoms with Crippen molar-refractivity contribution in [3.05, 3.63) is 23.7 Å². The van der Waals surface area contributed by atoms with Crippen LogP contribution in [-0.2, 0) is 4.74 Å². The first-order valence-corrected chi connectivity index (χ1v) is 6.57. The Morgan fingerprint density at radius 2 is 1.71 bits per heavy atom. The van der Waals surface area contributed by atoms with Gasteiger partial charge >= 0.3 is 12.1 Å². The molecule has 1 saturated heterocycles. The van der Waals surface area contributed by atoms with E-state index in [2.05, 4.69) is 0 Å². The van der Waals surface area contributed by atoms with E-state index in [1.54, 1.807) is 6.92 Å². The van der Waals surface area contributed by atoms with Crippen LogP contribution < -0.4 is 0 Å². The molecule has 2 rings (SSSR count). The number of carboxylic acid groups (broad SMARTS) is 1. The summed E-state index contributed by atoms with van der Waals surface area (Å²) in [6.07, 6.45) is -0.393. The van der Waals surface area contributed by atoms with E-state index in [0.717, 1.165) is 0 Å². The fourth-order valence-electron chi connectivity index (χ4n) is 2.03. The first-order chi connectivity index (χ1) is 10.0. The van der Waals surface area contributed by atoms with Crippen LogP contribution in [0.1, 0.15) is 28.0 Å². The third kappa shape index (κ3) is 3.33. The molecule has 1 aromatic rings. The topological polar surface area (TPSA) is 100 Å². The van der Waals surface area contributed by atoms with Gasteiger partial charge in [-0.3, -0.25) is 4.79 Å². The van der Waals surface area contributed by atoms with E-state index >= 15 is 0 Å². The summed E-state index contributed by atoms with van der Waals surface area (Å²) >= 11 is 0. The number of hydrogen-bond donors (Lipinski definition) is 1. The molecule has 2 heterocycles. The Morgan fingerprint density at radius 1 is 1.14 bits per heavy atom. The predicted octanol–water partition coefficient (Wildman–Crippen LogP) is 0.892. The van der Waals surface area contributed by atoms with Gasteiger partial charge in [-0.15, -0.1) is 0 Å². The largest absolute Gasteiger partial charge is 0.475 e. The third-order valence-electron chi connectivity index (χ3n) is 3.12. The molecule has 0 unspecified atom stereocenters. The maximum absolute atomic E-state index is 12.1. The van der Waals surface area contributed by atoms with Gasteiger partial charge in [-0.1, -0.05) is 0 Å². The molecule has 0 bridgehead atoms. The number of rotatable bonds is 3. The number of piperazine rings is 1. The van der Waals surface area contributed by atoms with E-state index in [1.807, 2.05) is 0 Å². The summed E-state index contributed by atoms with van der Waals surface area (Å²) in [4.78, 5) is 37.4. The Bertz CT molecular complexity index is 545. The number of furan rings is 1. The van der Waals surface area contributed by atoms with Gasteiger partial charge in [0.2, 0.25) is 5.76 Å². The fourth-order valence-corrected chi connectivity index (χ4v) is 2.03. The molecule has 21 heavy (non-hydrogen) atoms. The Labute approximate surface area is 120 Å². The maximum Gasteiger partial charge on any atom is 0.409 e. The molecule has 0 aliphatic carbocycles. The number of carbonyl (C=O) groups excluding carboxylic acids is 2. The van der Waals surface area contributed by atoms with Crippen LogP contribution in [0.5, 0.6) is 0 Å². The molecular formula is C13H16N2O6. The lowest BCUT2D eigenvalue weighted by Crippen LogP contribution is -2.50. The average Bonchev–Trinajstić information content (AvgIpc) is 2.97. The van der Waals surface area contributed by atoms with Crippen LogP contribution in [0, 0.1) is 0 Å². The van der Waals surface area contributed by atoms with Crippen LogP contribution in [0.4, 0.5) is 4.79 Å². The van der Waals surface area contributed by atoms with Gasteiger partial charge in [-0.2, -0.15) is 0 Å². The number of hydrogen-bond acceptors (Lipinski definition) is 5. The molecule has 0 saturated carbocycles. The van der Waals surface area contributed by atoms with Gasteiger partial charge in [-0.05, 0) is 19.1 Å². The van der Waals surface area contributed by atoms with Crippen LogP contribution in [0.2, 0.25) is 0 Å². The third-order valence-corrected chi connectivity index (χ3v) is 3.12. The van der Waals surface area contributed by atoms with Crippen molar-refractivity contribution in [3.8, 4) is 0 Å². The van der Waals surface area contributed by atoms with Crippen molar-refractivity contribution in [3.63, 3.8) is 0 Å². The molecule has 0 atom stereocenters. The lowest BCUT2D eigenvalue weighted by Gasteiger charge is -2.33. The molecule has 1 aliphatic rings. The second-order valence-electron chi connectivity index (χ2n) is 4.45. The summed E-state index contributed by atoms with van der Waals surface area (Å²) in [5, 5.41) is 8.76. The lowest BCUT2D eigenvalue weighted by molar-refractivity contribution is 0.0538. The summed E-state index contributed by atoms with van der Waals surface area (Å²) in [5.74, 6) is -1.90. The molecule has 1 aliphatic heterocycles. The Morgan fingerprint density at radius 3 is 2.24 bits per heavy atom. The minimum atomic E-state index is -1.22. The standard InChI is InChI=1S/C13H16N2O6/c1-2-20-13(19)15-7-5-14(6-8-15)11(16)9-3-4-10(21-9)12(17)18/h3-4H,2,5-8H2,1H3,(H,17,18). The van der Waals surface area contributed by atoms with Gasteiger partial charge in [0, 0.05) is 26.2 Å². The second kappa shape index (κ2) is 6.29. The van der Waals surface area contributed by atoms with Gasteiger partial charge in [0.05, 0.1) is 6.61 Å². The SMILES string of the molecule is CCOC(=O)N1CCN(C(=O)c2ccc(C(=O)O)o2)CC1. The molecule has 8 nitrogen and oxygen atoms in total.